The summed E-state index contributed by atoms with van der Waals surface area (Å²) in [7, 11) is 0. The molecule has 6 heteroatoms. The SMILES string of the molecule is O=C1c2ccc(F)cc2C(=O)c2sc(-c3ccco3)nc21. The lowest BCUT2D eigenvalue weighted by molar-refractivity contribution is 0.0979. The van der Waals surface area contributed by atoms with Gasteiger partial charge in [-0.1, -0.05) is 0 Å². The van der Waals surface area contributed by atoms with E-state index in [9.17, 15) is 14.0 Å². The third-order valence-corrected chi connectivity index (χ3v) is 4.32. The van der Waals surface area contributed by atoms with Crippen molar-refractivity contribution >= 4 is 22.9 Å². The zero-order valence-corrected chi connectivity index (χ0v) is 11.2. The average Bonchev–Trinajstić information content (AvgIpc) is 3.13. The molecule has 102 valence electrons. The van der Waals surface area contributed by atoms with Crippen LogP contribution >= 0.6 is 11.3 Å². The predicted molar refractivity (Wildman–Crippen MR) is 73.1 cm³/mol. The summed E-state index contributed by atoms with van der Waals surface area (Å²) in [6.45, 7) is 0. The second kappa shape index (κ2) is 4.20. The summed E-state index contributed by atoms with van der Waals surface area (Å²) in [6, 6.07) is 6.97. The van der Waals surface area contributed by atoms with Gasteiger partial charge < -0.3 is 4.42 Å². The van der Waals surface area contributed by atoms with Crippen molar-refractivity contribution in [2.45, 2.75) is 0 Å². The Bertz CT molecular complexity index is 896. The van der Waals surface area contributed by atoms with Gasteiger partial charge in [-0.25, -0.2) is 9.37 Å². The number of thiazole rings is 1. The Morgan fingerprint density at radius 3 is 2.71 bits per heavy atom. The summed E-state index contributed by atoms with van der Waals surface area (Å²) in [4.78, 5) is 29.2. The maximum absolute atomic E-state index is 13.3. The van der Waals surface area contributed by atoms with E-state index in [1.165, 1.54) is 12.3 Å². The quantitative estimate of drug-likeness (QED) is 0.541. The lowest BCUT2D eigenvalue weighted by atomic mass is 9.91. The molecule has 0 aliphatic heterocycles. The van der Waals surface area contributed by atoms with Crippen LogP contribution < -0.4 is 0 Å². The number of carbonyl (C=O) groups is 2. The van der Waals surface area contributed by atoms with Gasteiger partial charge >= 0.3 is 0 Å². The Labute approximate surface area is 121 Å². The van der Waals surface area contributed by atoms with Gasteiger partial charge in [-0.2, -0.15) is 0 Å². The molecule has 0 N–H and O–H groups in total. The predicted octanol–water partition coefficient (Wildman–Crippen LogP) is 3.32. The molecular formula is C15H6FNO3S. The van der Waals surface area contributed by atoms with Crippen molar-refractivity contribution in [3.05, 3.63) is 64.1 Å². The minimum atomic E-state index is -0.547. The highest BCUT2D eigenvalue weighted by atomic mass is 32.1. The number of fused-ring (bicyclic) bond motifs is 2. The third-order valence-electron chi connectivity index (χ3n) is 3.25. The summed E-state index contributed by atoms with van der Waals surface area (Å²) in [5, 5.41) is 0.458. The molecule has 0 amide bonds. The lowest BCUT2D eigenvalue weighted by Gasteiger charge is -2.12. The van der Waals surface area contributed by atoms with E-state index in [1.807, 2.05) is 0 Å². The molecule has 0 atom stereocenters. The van der Waals surface area contributed by atoms with Crippen molar-refractivity contribution in [2.75, 3.05) is 0 Å². The molecule has 4 nitrogen and oxygen atoms in total. The lowest BCUT2D eigenvalue weighted by Crippen LogP contribution is -2.19. The van der Waals surface area contributed by atoms with Gasteiger partial charge in [0.25, 0.3) is 0 Å². The van der Waals surface area contributed by atoms with E-state index in [4.69, 9.17) is 4.42 Å². The Hall–Kier alpha value is -2.60. The van der Waals surface area contributed by atoms with Crippen LogP contribution in [-0.2, 0) is 0 Å². The average molecular weight is 299 g/mol. The number of hydrogen-bond acceptors (Lipinski definition) is 5. The number of hydrogen-bond donors (Lipinski definition) is 0. The molecule has 0 fully saturated rings. The van der Waals surface area contributed by atoms with E-state index in [0.717, 1.165) is 23.5 Å². The molecule has 2 aromatic heterocycles. The van der Waals surface area contributed by atoms with Crippen molar-refractivity contribution in [3.8, 4) is 10.8 Å². The highest BCUT2D eigenvalue weighted by Crippen LogP contribution is 2.35. The molecule has 2 heterocycles. The monoisotopic (exact) mass is 299 g/mol. The molecule has 3 aromatic rings. The molecule has 0 spiro atoms. The van der Waals surface area contributed by atoms with Gasteiger partial charge in [0.1, 0.15) is 16.4 Å². The van der Waals surface area contributed by atoms with Crippen molar-refractivity contribution in [1.82, 2.24) is 4.98 Å². The Morgan fingerprint density at radius 1 is 1.10 bits per heavy atom. The van der Waals surface area contributed by atoms with E-state index in [1.54, 1.807) is 12.1 Å². The van der Waals surface area contributed by atoms with E-state index >= 15 is 0 Å². The van der Waals surface area contributed by atoms with Gasteiger partial charge in [0, 0.05) is 11.1 Å². The van der Waals surface area contributed by atoms with Crippen LogP contribution in [0.2, 0.25) is 0 Å². The molecule has 1 aliphatic rings. The van der Waals surface area contributed by atoms with Crippen molar-refractivity contribution in [2.24, 2.45) is 0 Å². The number of carbonyl (C=O) groups excluding carboxylic acids is 2. The van der Waals surface area contributed by atoms with Crippen LogP contribution in [0.25, 0.3) is 10.8 Å². The second-order valence-corrected chi connectivity index (χ2v) is 5.52. The summed E-state index contributed by atoms with van der Waals surface area (Å²) in [6.07, 6.45) is 1.49. The van der Waals surface area contributed by atoms with E-state index in [-0.39, 0.29) is 33.3 Å². The summed E-state index contributed by atoms with van der Waals surface area (Å²) >= 11 is 1.08. The zero-order chi connectivity index (χ0) is 14.6. The van der Waals surface area contributed by atoms with Gasteiger partial charge in [-0.15, -0.1) is 11.3 Å². The standard InChI is InChI=1S/C15H6FNO3S/c16-7-3-4-8-9(6-7)13(19)14-11(12(8)18)17-15(21-14)10-2-1-5-20-10/h1-6H. The van der Waals surface area contributed by atoms with Gasteiger partial charge in [0.15, 0.2) is 10.8 Å². The molecule has 21 heavy (non-hydrogen) atoms. The molecular weight excluding hydrogens is 293 g/mol. The molecule has 1 aliphatic carbocycles. The first-order chi connectivity index (χ1) is 10.1. The van der Waals surface area contributed by atoms with Crippen LogP contribution in [-0.4, -0.2) is 16.6 Å². The maximum atomic E-state index is 13.3. The Kier molecular flexibility index (Phi) is 2.43. The van der Waals surface area contributed by atoms with Crippen LogP contribution in [0.4, 0.5) is 4.39 Å². The minimum Gasteiger partial charge on any atom is -0.462 e. The first kappa shape index (κ1) is 12.2. The fourth-order valence-corrected chi connectivity index (χ4v) is 3.27. The number of nitrogens with zero attached hydrogens (tertiary/aromatic N) is 1. The van der Waals surface area contributed by atoms with E-state index < -0.39 is 5.82 Å². The summed E-state index contributed by atoms with van der Waals surface area (Å²) in [5.41, 5.74) is 0.378. The van der Waals surface area contributed by atoms with Gasteiger partial charge in [-0.05, 0) is 30.3 Å². The Balaban J connectivity index is 1.93. The van der Waals surface area contributed by atoms with Gasteiger partial charge in [0.05, 0.1) is 6.26 Å². The molecule has 0 radical (unpaired) electrons. The number of rotatable bonds is 1. The van der Waals surface area contributed by atoms with Crippen molar-refractivity contribution < 1.29 is 18.4 Å². The van der Waals surface area contributed by atoms with E-state index in [2.05, 4.69) is 4.98 Å². The van der Waals surface area contributed by atoms with Crippen molar-refractivity contribution in [1.29, 1.82) is 0 Å². The Morgan fingerprint density at radius 2 is 1.95 bits per heavy atom. The zero-order valence-electron chi connectivity index (χ0n) is 10.4. The summed E-state index contributed by atoms with van der Waals surface area (Å²) < 4.78 is 18.5. The van der Waals surface area contributed by atoms with Crippen LogP contribution in [0.3, 0.4) is 0 Å². The van der Waals surface area contributed by atoms with Crippen LogP contribution in [0.15, 0.2) is 41.0 Å². The van der Waals surface area contributed by atoms with Crippen molar-refractivity contribution in [3.63, 3.8) is 0 Å². The number of aromatic nitrogens is 1. The molecule has 0 unspecified atom stereocenters. The fourth-order valence-electron chi connectivity index (χ4n) is 2.29. The van der Waals surface area contributed by atoms with Crippen LogP contribution in [0.1, 0.15) is 31.3 Å². The third kappa shape index (κ3) is 1.69. The molecule has 4 rings (SSSR count). The topological polar surface area (TPSA) is 60.2 Å². The molecule has 1 aromatic carbocycles. The molecule has 0 bridgehead atoms. The number of benzene rings is 1. The number of ketones is 2. The van der Waals surface area contributed by atoms with E-state index in [0.29, 0.717) is 10.8 Å². The minimum absolute atomic E-state index is 0.0853. The van der Waals surface area contributed by atoms with Gasteiger partial charge in [0.2, 0.25) is 11.6 Å². The van der Waals surface area contributed by atoms with Crippen LogP contribution in [0, 0.1) is 5.82 Å². The first-order valence-corrected chi connectivity index (χ1v) is 6.90. The highest BCUT2D eigenvalue weighted by Gasteiger charge is 2.34. The summed E-state index contributed by atoms with van der Waals surface area (Å²) in [5.74, 6) is -0.803. The fraction of sp³-hybridized carbons (Fsp3) is 0. The normalized spacial score (nSPS) is 13.2. The highest BCUT2D eigenvalue weighted by molar-refractivity contribution is 7.17. The first-order valence-electron chi connectivity index (χ1n) is 6.09. The second-order valence-electron chi connectivity index (χ2n) is 4.52. The maximum Gasteiger partial charge on any atom is 0.213 e. The van der Waals surface area contributed by atoms with Gasteiger partial charge in [-0.3, -0.25) is 9.59 Å². The number of furan rings is 1. The van der Waals surface area contributed by atoms with Crippen LogP contribution in [0.5, 0.6) is 0 Å². The number of halogens is 1. The molecule has 0 saturated heterocycles. The largest absolute Gasteiger partial charge is 0.462 e. The molecule has 0 saturated carbocycles. The smallest absolute Gasteiger partial charge is 0.213 e.